The van der Waals surface area contributed by atoms with Crippen molar-refractivity contribution in [2.75, 3.05) is 0 Å². The Labute approximate surface area is 124 Å². The lowest BCUT2D eigenvalue weighted by Crippen LogP contribution is -2.50. The van der Waals surface area contributed by atoms with Crippen molar-refractivity contribution in [3.63, 3.8) is 0 Å². The van der Waals surface area contributed by atoms with Gasteiger partial charge in [0.1, 0.15) is 11.5 Å². The Morgan fingerprint density at radius 3 is 2.43 bits per heavy atom. The number of ether oxygens (including phenoxy) is 1. The standard InChI is InChI=1S/C17H20N2O2/c1-17(2,16(18)20)19-12-13-7-6-10-15(11-13)21-14-8-4-3-5-9-14/h3-11,19H,12H2,1-2H3,(H2,18,20). The zero-order valence-corrected chi connectivity index (χ0v) is 12.3. The molecule has 0 fully saturated rings. The average Bonchev–Trinajstić information content (AvgIpc) is 2.47. The summed E-state index contributed by atoms with van der Waals surface area (Å²) in [7, 11) is 0. The molecule has 2 aromatic rings. The van der Waals surface area contributed by atoms with Crippen molar-refractivity contribution in [1.29, 1.82) is 0 Å². The Bertz CT molecular complexity index is 609. The Balaban J connectivity index is 2.03. The van der Waals surface area contributed by atoms with Crippen molar-refractivity contribution in [1.82, 2.24) is 5.32 Å². The fraction of sp³-hybridized carbons (Fsp3) is 0.235. The second-order valence-corrected chi connectivity index (χ2v) is 5.41. The van der Waals surface area contributed by atoms with Crippen LogP contribution in [-0.2, 0) is 11.3 Å². The molecular weight excluding hydrogens is 264 g/mol. The summed E-state index contributed by atoms with van der Waals surface area (Å²) in [6.07, 6.45) is 0. The largest absolute Gasteiger partial charge is 0.457 e. The van der Waals surface area contributed by atoms with Gasteiger partial charge in [-0.2, -0.15) is 0 Å². The number of primary amides is 1. The van der Waals surface area contributed by atoms with Crippen LogP contribution in [0.2, 0.25) is 0 Å². The van der Waals surface area contributed by atoms with Crippen LogP contribution in [0, 0.1) is 0 Å². The molecule has 0 heterocycles. The van der Waals surface area contributed by atoms with E-state index in [1.165, 1.54) is 0 Å². The number of rotatable bonds is 6. The molecule has 4 heteroatoms. The highest BCUT2D eigenvalue weighted by atomic mass is 16.5. The minimum Gasteiger partial charge on any atom is -0.457 e. The fourth-order valence-electron chi connectivity index (χ4n) is 1.75. The molecule has 21 heavy (non-hydrogen) atoms. The second kappa shape index (κ2) is 6.41. The lowest BCUT2D eigenvalue weighted by Gasteiger charge is -2.22. The molecule has 0 bridgehead atoms. The Hall–Kier alpha value is -2.33. The third-order valence-corrected chi connectivity index (χ3v) is 3.23. The molecule has 2 rings (SSSR count). The number of carbonyl (C=O) groups excluding carboxylic acids is 1. The monoisotopic (exact) mass is 284 g/mol. The summed E-state index contributed by atoms with van der Waals surface area (Å²) >= 11 is 0. The Morgan fingerprint density at radius 1 is 1.10 bits per heavy atom. The van der Waals surface area contributed by atoms with Gasteiger partial charge in [0, 0.05) is 6.54 Å². The van der Waals surface area contributed by atoms with E-state index >= 15 is 0 Å². The van der Waals surface area contributed by atoms with Gasteiger partial charge in [0.2, 0.25) is 5.91 Å². The molecule has 110 valence electrons. The van der Waals surface area contributed by atoms with Gasteiger partial charge in [-0.1, -0.05) is 30.3 Å². The molecule has 0 aromatic heterocycles. The van der Waals surface area contributed by atoms with Crippen molar-refractivity contribution in [2.45, 2.75) is 25.9 Å². The molecule has 0 aliphatic heterocycles. The number of nitrogens with one attached hydrogen (secondary N) is 1. The highest BCUT2D eigenvalue weighted by molar-refractivity contribution is 5.83. The number of amides is 1. The molecule has 0 spiro atoms. The van der Waals surface area contributed by atoms with Crippen LogP contribution in [-0.4, -0.2) is 11.4 Å². The number of nitrogens with two attached hydrogens (primary N) is 1. The number of benzene rings is 2. The van der Waals surface area contributed by atoms with E-state index in [1.807, 2.05) is 54.6 Å². The highest BCUT2D eigenvalue weighted by Gasteiger charge is 2.23. The normalized spacial score (nSPS) is 11.1. The number of carbonyl (C=O) groups is 1. The van der Waals surface area contributed by atoms with E-state index in [2.05, 4.69) is 5.32 Å². The van der Waals surface area contributed by atoms with E-state index in [0.717, 1.165) is 17.1 Å². The van der Waals surface area contributed by atoms with Gasteiger partial charge in [0.05, 0.1) is 5.54 Å². The first-order valence-electron chi connectivity index (χ1n) is 6.84. The van der Waals surface area contributed by atoms with Gasteiger partial charge in [0.25, 0.3) is 0 Å². The summed E-state index contributed by atoms with van der Waals surface area (Å²) in [5, 5.41) is 3.14. The molecular formula is C17H20N2O2. The maximum absolute atomic E-state index is 11.3. The van der Waals surface area contributed by atoms with E-state index in [0.29, 0.717) is 6.54 Å². The zero-order chi connectivity index (χ0) is 15.3. The van der Waals surface area contributed by atoms with E-state index < -0.39 is 5.54 Å². The zero-order valence-electron chi connectivity index (χ0n) is 12.3. The van der Waals surface area contributed by atoms with Crippen molar-refractivity contribution < 1.29 is 9.53 Å². The van der Waals surface area contributed by atoms with Gasteiger partial charge in [-0.05, 0) is 43.7 Å². The summed E-state index contributed by atoms with van der Waals surface area (Å²) in [5.41, 5.74) is 5.63. The summed E-state index contributed by atoms with van der Waals surface area (Å²) in [4.78, 5) is 11.3. The summed E-state index contributed by atoms with van der Waals surface area (Å²) < 4.78 is 5.78. The Kier molecular flexibility index (Phi) is 4.60. The predicted molar refractivity (Wildman–Crippen MR) is 83.1 cm³/mol. The van der Waals surface area contributed by atoms with Crippen molar-refractivity contribution in [2.24, 2.45) is 5.73 Å². The highest BCUT2D eigenvalue weighted by Crippen LogP contribution is 2.22. The van der Waals surface area contributed by atoms with Crippen molar-refractivity contribution in [3.8, 4) is 11.5 Å². The van der Waals surface area contributed by atoms with Crippen LogP contribution >= 0.6 is 0 Å². The molecule has 0 aliphatic carbocycles. The van der Waals surface area contributed by atoms with E-state index in [4.69, 9.17) is 10.5 Å². The van der Waals surface area contributed by atoms with Crippen LogP contribution in [0.1, 0.15) is 19.4 Å². The first-order chi connectivity index (χ1) is 9.97. The molecule has 0 unspecified atom stereocenters. The van der Waals surface area contributed by atoms with Crippen LogP contribution in [0.15, 0.2) is 54.6 Å². The quantitative estimate of drug-likeness (QED) is 0.857. The molecule has 1 amide bonds. The van der Waals surface area contributed by atoms with Crippen LogP contribution < -0.4 is 15.8 Å². The maximum atomic E-state index is 11.3. The molecule has 0 atom stereocenters. The summed E-state index contributed by atoms with van der Waals surface area (Å²) in [5.74, 6) is 1.18. The summed E-state index contributed by atoms with van der Waals surface area (Å²) in [6.45, 7) is 4.07. The predicted octanol–water partition coefficient (Wildman–Crippen LogP) is 2.83. The van der Waals surface area contributed by atoms with Crippen molar-refractivity contribution in [3.05, 3.63) is 60.2 Å². The summed E-state index contributed by atoms with van der Waals surface area (Å²) in [6, 6.07) is 17.3. The topological polar surface area (TPSA) is 64.3 Å². The van der Waals surface area contributed by atoms with E-state index in [9.17, 15) is 4.79 Å². The minimum absolute atomic E-state index is 0.376. The van der Waals surface area contributed by atoms with Gasteiger partial charge in [-0.3, -0.25) is 10.1 Å². The Morgan fingerprint density at radius 2 is 1.76 bits per heavy atom. The van der Waals surface area contributed by atoms with Crippen LogP contribution in [0.3, 0.4) is 0 Å². The smallest absolute Gasteiger partial charge is 0.237 e. The van der Waals surface area contributed by atoms with Gasteiger partial charge < -0.3 is 10.5 Å². The third-order valence-electron chi connectivity index (χ3n) is 3.23. The van der Waals surface area contributed by atoms with Crippen molar-refractivity contribution >= 4 is 5.91 Å². The molecule has 0 saturated heterocycles. The molecule has 3 N–H and O–H groups in total. The number of hydrogen-bond donors (Lipinski definition) is 2. The van der Waals surface area contributed by atoms with Gasteiger partial charge in [0.15, 0.2) is 0 Å². The van der Waals surface area contributed by atoms with Crippen LogP contribution in [0.4, 0.5) is 0 Å². The van der Waals surface area contributed by atoms with E-state index in [-0.39, 0.29) is 5.91 Å². The number of para-hydroxylation sites is 1. The molecule has 0 saturated carbocycles. The first-order valence-corrected chi connectivity index (χ1v) is 6.84. The molecule has 0 aliphatic rings. The van der Waals surface area contributed by atoms with Gasteiger partial charge >= 0.3 is 0 Å². The third kappa shape index (κ3) is 4.33. The molecule has 4 nitrogen and oxygen atoms in total. The maximum Gasteiger partial charge on any atom is 0.237 e. The van der Waals surface area contributed by atoms with Crippen LogP contribution in [0.25, 0.3) is 0 Å². The fourth-order valence-corrected chi connectivity index (χ4v) is 1.75. The second-order valence-electron chi connectivity index (χ2n) is 5.41. The van der Waals surface area contributed by atoms with Gasteiger partial charge in [-0.25, -0.2) is 0 Å². The first kappa shape index (κ1) is 15.1. The lowest BCUT2D eigenvalue weighted by atomic mass is 10.0. The van der Waals surface area contributed by atoms with E-state index in [1.54, 1.807) is 13.8 Å². The average molecular weight is 284 g/mol. The van der Waals surface area contributed by atoms with Gasteiger partial charge in [-0.15, -0.1) is 0 Å². The van der Waals surface area contributed by atoms with Crippen LogP contribution in [0.5, 0.6) is 11.5 Å². The molecule has 2 aromatic carbocycles. The molecule has 0 radical (unpaired) electrons. The lowest BCUT2D eigenvalue weighted by molar-refractivity contribution is -0.123. The number of hydrogen-bond acceptors (Lipinski definition) is 3. The SMILES string of the molecule is CC(C)(NCc1cccc(Oc2ccccc2)c1)C(N)=O. The minimum atomic E-state index is -0.740.